The monoisotopic (exact) mass is 296 g/mol. The van der Waals surface area contributed by atoms with Gasteiger partial charge in [0, 0.05) is 19.1 Å². The minimum atomic E-state index is -0.979. The molecule has 1 rings (SSSR count). The van der Waals surface area contributed by atoms with Gasteiger partial charge in [-0.2, -0.15) is 0 Å². The molecular formula is C16H25FN2O2. The first-order valence-electron chi connectivity index (χ1n) is 7.34. The molecule has 0 bridgehead atoms. The number of benzene rings is 1. The van der Waals surface area contributed by atoms with Gasteiger partial charge < -0.3 is 15.3 Å². The van der Waals surface area contributed by atoms with Crippen molar-refractivity contribution in [1.82, 2.24) is 10.2 Å². The summed E-state index contributed by atoms with van der Waals surface area (Å²) in [6.07, 6.45) is 0.0205. The van der Waals surface area contributed by atoms with Crippen LogP contribution in [0.25, 0.3) is 0 Å². The number of aliphatic hydroxyl groups is 1. The Morgan fingerprint density at radius 3 is 2.81 bits per heavy atom. The SMILES string of the molecule is CCC(C)N(C)CCNC(=O)CC(O)c1cccc(F)c1. The highest BCUT2D eigenvalue weighted by Gasteiger charge is 2.14. The number of nitrogens with one attached hydrogen (secondary N) is 1. The number of amides is 1. The van der Waals surface area contributed by atoms with Crippen LogP contribution in [0.1, 0.15) is 38.4 Å². The molecule has 0 saturated carbocycles. The van der Waals surface area contributed by atoms with Crippen LogP contribution in [0.3, 0.4) is 0 Å². The number of likely N-dealkylation sites (N-methyl/N-ethyl adjacent to an activating group) is 1. The second-order valence-corrected chi connectivity index (χ2v) is 5.36. The highest BCUT2D eigenvalue weighted by atomic mass is 19.1. The van der Waals surface area contributed by atoms with Crippen LogP contribution in [0.4, 0.5) is 4.39 Å². The molecule has 0 saturated heterocycles. The lowest BCUT2D eigenvalue weighted by molar-refractivity contribution is -0.123. The molecule has 5 heteroatoms. The lowest BCUT2D eigenvalue weighted by Gasteiger charge is -2.23. The first-order chi connectivity index (χ1) is 9.93. The zero-order valence-corrected chi connectivity index (χ0v) is 13.0. The van der Waals surface area contributed by atoms with E-state index in [1.807, 2.05) is 7.05 Å². The van der Waals surface area contributed by atoms with Crippen LogP contribution in [0.2, 0.25) is 0 Å². The fourth-order valence-corrected chi connectivity index (χ4v) is 1.98. The van der Waals surface area contributed by atoms with Crippen molar-refractivity contribution in [1.29, 1.82) is 0 Å². The van der Waals surface area contributed by atoms with E-state index in [-0.39, 0.29) is 12.3 Å². The van der Waals surface area contributed by atoms with Gasteiger partial charge in [-0.1, -0.05) is 19.1 Å². The largest absolute Gasteiger partial charge is 0.388 e. The Balaban J connectivity index is 2.33. The summed E-state index contributed by atoms with van der Waals surface area (Å²) in [5.74, 6) is -0.647. The Labute approximate surface area is 126 Å². The van der Waals surface area contributed by atoms with Gasteiger partial charge in [0.05, 0.1) is 12.5 Å². The molecule has 1 amide bonds. The van der Waals surface area contributed by atoms with Gasteiger partial charge in [0.25, 0.3) is 0 Å². The quantitative estimate of drug-likeness (QED) is 0.772. The van der Waals surface area contributed by atoms with Gasteiger partial charge in [-0.25, -0.2) is 4.39 Å². The molecule has 0 fully saturated rings. The van der Waals surface area contributed by atoms with Crippen LogP contribution < -0.4 is 5.32 Å². The maximum absolute atomic E-state index is 13.0. The smallest absolute Gasteiger partial charge is 0.223 e. The molecular weight excluding hydrogens is 271 g/mol. The Morgan fingerprint density at radius 2 is 2.19 bits per heavy atom. The number of aliphatic hydroxyl groups excluding tert-OH is 1. The zero-order valence-electron chi connectivity index (χ0n) is 13.0. The van der Waals surface area contributed by atoms with Gasteiger partial charge in [-0.05, 0) is 38.1 Å². The number of hydrogen-bond donors (Lipinski definition) is 2. The van der Waals surface area contributed by atoms with Crippen molar-refractivity contribution < 1.29 is 14.3 Å². The van der Waals surface area contributed by atoms with Crippen LogP contribution in [-0.2, 0) is 4.79 Å². The molecule has 4 nitrogen and oxygen atoms in total. The van der Waals surface area contributed by atoms with Crippen molar-refractivity contribution in [3.63, 3.8) is 0 Å². The van der Waals surface area contributed by atoms with E-state index in [0.29, 0.717) is 18.2 Å². The average Bonchev–Trinajstić information content (AvgIpc) is 2.46. The number of nitrogens with zero attached hydrogens (tertiary/aromatic N) is 1. The fourth-order valence-electron chi connectivity index (χ4n) is 1.98. The number of carbonyl (C=O) groups is 1. The minimum absolute atomic E-state index is 0.0590. The molecule has 0 aliphatic rings. The summed E-state index contributed by atoms with van der Waals surface area (Å²) in [5.41, 5.74) is 0.418. The summed E-state index contributed by atoms with van der Waals surface area (Å²) >= 11 is 0. The normalized spacial score (nSPS) is 14.0. The Bertz CT molecular complexity index is 454. The summed E-state index contributed by atoms with van der Waals surface area (Å²) in [5, 5.41) is 12.7. The molecule has 118 valence electrons. The zero-order chi connectivity index (χ0) is 15.8. The third kappa shape index (κ3) is 6.23. The van der Waals surface area contributed by atoms with Crippen LogP contribution in [-0.4, -0.2) is 42.1 Å². The van der Waals surface area contributed by atoms with E-state index in [9.17, 15) is 14.3 Å². The van der Waals surface area contributed by atoms with E-state index >= 15 is 0 Å². The van der Waals surface area contributed by atoms with Crippen LogP contribution in [0, 0.1) is 5.82 Å². The van der Waals surface area contributed by atoms with Gasteiger partial charge in [-0.15, -0.1) is 0 Å². The van der Waals surface area contributed by atoms with Crippen LogP contribution >= 0.6 is 0 Å². The molecule has 0 spiro atoms. The first-order valence-corrected chi connectivity index (χ1v) is 7.34. The summed E-state index contributed by atoms with van der Waals surface area (Å²) in [6.45, 7) is 5.55. The Morgan fingerprint density at radius 1 is 1.48 bits per heavy atom. The molecule has 1 aromatic rings. The predicted octanol–water partition coefficient (Wildman–Crippen LogP) is 2.10. The van der Waals surface area contributed by atoms with E-state index < -0.39 is 11.9 Å². The van der Waals surface area contributed by atoms with Crippen LogP contribution in [0.5, 0.6) is 0 Å². The number of halogens is 1. The molecule has 2 unspecified atom stereocenters. The highest BCUT2D eigenvalue weighted by molar-refractivity contribution is 5.76. The van der Waals surface area contributed by atoms with Gasteiger partial charge in [0.2, 0.25) is 5.91 Å². The van der Waals surface area contributed by atoms with Crippen LogP contribution in [0.15, 0.2) is 24.3 Å². The number of hydrogen-bond acceptors (Lipinski definition) is 3. The Kier molecular flexibility index (Phi) is 7.32. The lowest BCUT2D eigenvalue weighted by Crippen LogP contribution is -2.37. The highest BCUT2D eigenvalue weighted by Crippen LogP contribution is 2.17. The predicted molar refractivity (Wildman–Crippen MR) is 81.4 cm³/mol. The van der Waals surface area contributed by atoms with Crippen molar-refractivity contribution in [2.75, 3.05) is 20.1 Å². The molecule has 0 aliphatic heterocycles. The fraction of sp³-hybridized carbons (Fsp3) is 0.562. The van der Waals surface area contributed by atoms with Gasteiger partial charge >= 0.3 is 0 Å². The molecule has 0 aromatic heterocycles. The second-order valence-electron chi connectivity index (χ2n) is 5.36. The summed E-state index contributed by atoms with van der Waals surface area (Å²) in [4.78, 5) is 13.9. The van der Waals surface area contributed by atoms with Crippen molar-refractivity contribution in [2.45, 2.75) is 38.8 Å². The topological polar surface area (TPSA) is 52.6 Å². The van der Waals surface area contributed by atoms with Crippen molar-refractivity contribution in [3.05, 3.63) is 35.6 Å². The lowest BCUT2D eigenvalue weighted by atomic mass is 10.1. The maximum Gasteiger partial charge on any atom is 0.223 e. The van der Waals surface area contributed by atoms with Crippen molar-refractivity contribution in [3.8, 4) is 0 Å². The number of carbonyl (C=O) groups excluding carboxylic acids is 1. The first kappa shape index (κ1) is 17.6. The van der Waals surface area contributed by atoms with Gasteiger partial charge in [0.1, 0.15) is 5.82 Å². The third-order valence-corrected chi connectivity index (χ3v) is 3.74. The summed E-state index contributed by atoms with van der Waals surface area (Å²) < 4.78 is 13.0. The van der Waals surface area contributed by atoms with E-state index in [2.05, 4.69) is 24.1 Å². The minimum Gasteiger partial charge on any atom is -0.388 e. The van der Waals surface area contributed by atoms with E-state index in [0.717, 1.165) is 13.0 Å². The molecule has 1 aromatic carbocycles. The van der Waals surface area contributed by atoms with Gasteiger partial charge in [-0.3, -0.25) is 4.79 Å². The summed E-state index contributed by atoms with van der Waals surface area (Å²) in [7, 11) is 2.02. The second kappa shape index (κ2) is 8.74. The van der Waals surface area contributed by atoms with Gasteiger partial charge in [0.15, 0.2) is 0 Å². The van der Waals surface area contributed by atoms with Crippen molar-refractivity contribution in [2.24, 2.45) is 0 Å². The summed E-state index contributed by atoms with van der Waals surface area (Å²) in [6, 6.07) is 6.15. The third-order valence-electron chi connectivity index (χ3n) is 3.74. The molecule has 21 heavy (non-hydrogen) atoms. The van der Waals surface area contributed by atoms with E-state index in [1.165, 1.54) is 18.2 Å². The van der Waals surface area contributed by atoms with Crippen molar-refractivity contribution >= 4 is 5.91 Å². The molecule has 0 aliphatic carbocycles. The van der Waals surface area contributed by atoms with E-state index in [4.69, 9.17) is 0 Å². The molecule has 0 heterocycles. The Hall–Kier alpha value is -1.46. The number of rotatable bonds is 8. The maximum atomic E-state index is 13.0. The molecule has 2 N–H and O–H groups in total. The standard InChI is InChI=1S/C16H25FN2O2/c1-4-12(2)19(3)9-8-18-16(21)11-15(20)13-6-5-7-14(17)10-13/h5-7,10,12,15,20H,4,8-9,11H2,1-3H3,(H,18,21). The molecule has 0 radical (unpaired) electrons. The molecule has 2 atom stereocenters. The average molecular weight is 296 g/mol. The van der Waals surface area contributed by atoms with E-state index in [1.54, 1.807) is 6.07 Å².